The molecule has 0 aromatic carbocycles. The van der Waals surface area contributed by atoms with E-state index >= 15 is 0 Å². The van der Waals surface area contributed by atoms with Crippen LogP contribution in [0.3, 0.4) is 0 Å². The molecule has 0 spiro atoms. The molecule has 146 valence electrons. The monoisotopic (exact) mass is 388 g/mol. The van der Waals surface area contributed by atoms with Crippen LogP contribution in [-0.2, 0) is 18.4 Å². The first kappa shape index (κ1) is 17.5. The van der Waals surface area contributed by atoms with Crippen LogP contribution < -0.4 is 0 Å². The third-order valence-electron chi connectivity index (χ3n) is 5.09. The lowest BCUT2D eigenvalue weighted by atomic mass is 10.1. The Labute approximate surface area is 166 Å². The zero-order valence-corrected chi connectivity index (χ0v) is 16.4. The molecule has 0 unspecified atom stereocenters. The molecule has 0 radical (unpaired) electrons. The van der Waals surface area contributed by atoms with Crippen LogP contribution in [0.4, 0.5) is 0 Å². The van der Waals surface area contributed by atoms with E-state index in [-0.39, 0.29) is 6.04 Å². The fourth-order valence-electron chi connectivity index (χ4n) is 3.51. The maximum Gasteiger partial charge on any atom is 0.221 e. The summed E-state index contributed by atoms with van der Waals surface area (Å²) in [5.41, 5.74) is 6.11. The Morgan fingerprint density at radius 3 is 2.76 bits per heavy atom. The molecule has 5 aromatic rings. The Morgan fingerprint density at radius 2 is 1.97 bits per heavy atom. The van der Waals surface area contributed by atoms with E-state index in [4.69, 9.17) is 9.72 Å². The molecule has 0 aliphatic rings. The van der Waals surface area contributed by atoms with Crippen molar-refractivity contribution in [3.8, 4) is 11.3 Å². The zero-order chi connectivity index (χ0) is 20.0. The number of aryl methyl sites for hydroxylation is 1. The number of aromatic nitrogens is 8. The Kier molecular flexibility index (Phi) is 4.09. The van der Waals surface area contributed by atoms with Crippen LogP contribution in [0.25, 0.3) is 28.1 Å². The van der Waals surface area contributed by atoms with E-state index in [0.717, 1.165) is 28.0 Å². The first-order valence-corrected chi connectivity index (χ1v) is 9.30. The normalized spacial score (nSPS) is 12.8. The summed E-state index contributed by atoms with van der Waals surface area (Å²) in [7, 11) is 3.57. The Hall–Kier alpha value is -3.59. The van der Waals surface area contributed by atoms with Gasteiger partial charge in [0.15, 0.2) is 5.65 Å². The molecule has 5 heterocycles. The van der Waals surface area contributed by atoms with Crippen molar-refractivity contribution < 1.29 is 4.74 Å². The summed E-state index contributed by atoms with van der Waals surface area (Å²) in [6, 6.07) is 8.28. The third-order valence-corrected chi connectivity index (χ3v) is 5.09. The van der Waals surface area contributed by atoms with E-state index in [9.17, 15) is 0 Å². The Balaban J connectivity index is 1.57. The number of pyridine rings is 1. The predicted molar refractivity (Wildman–Crippen MR) is 107 cm³/mol. The van der Waals surface area contributed by atoms with Crippen molar-refractivity contribution in [2.24, 2.45) is 7.05 Å². The average Bonchev–Trinajstić information content (AvgIpc) is 3.45. The second-order valence-electron chi connectivity index (χ2n) is 7.03. The Morgan fingerprint density at radius 1 is 1.10 bits per heavy atom. The van der Waals surface area contributed by atoms with Crippen molar-refractivity contribution in [2.45, 2.75) is 19.6 Å². The summed E-state index contributed by atoms with van der Waals surface area (Å²) in [6.45, 7) is 2.63. The van der Waals surface area contributed by atoms with Gasteiger partial charge in [0.25, 0.3) is 0 Å². The first-order chi connectivity index (χ1) is 14.1. The number of rotatable bonds is 5. The zero-order valence-electron chi connectivity index (χ0n) is 16.4. The van der Waals surface area contributed by atoms with Gasteiger partial charge in [0, 0.05) is 43.3 Å². The summed E-state index contributed by atoms with van der Waals surface area (Å²) in [5, 5.41) is 12.7. The van der Waals surface area contributed by atoms with Gasteiger partial charge < -0.3 is 9.14 Å². The van der Waals surface area contributed by atoms with Gasteiger partial charge in [-0.25, -0.2) is 14.6 Å². The van der Waals surface area contributed by atoms with Gasteiger partial charge >= 0.3 is 0 Å². The van der Waals surface area contributed by atoms with Crippen molar-refractivity contribution >= 4 is 16.8 Å². The van der Waals surface area contributed by atoms with Crippen molar-refractivity contribution in [1.82, 2.24) is 39.1 Å². The van der Waals surface area contributed by atoms with Gasteiger partial charge in [-0.3, -0.25) is 4.68 Å². The number of ether oxygens (including phenoxy) is 1. The summed E-state index contributed by atoms with van der Waals surface area (Å²) in [5.74, 6) is 0. The lowest BCUT2D eigenvalue weighted by molar-refractivity contribution is 0.181. The SMILES string of the molecule is COCc1ccc2ccc([C@H](C)n3nnc4ncc(-c5cnn(C)c5)nc43)cn12. The molecule has 0 saturated carbocycles. The fraction of sp³-hybridized carbons (Fsp3) is 0.250. The lowest BCUT2D eigenvalue weighted by Gasteiger charge is -2.14. The van der Waals surface area contributed by atoms with Crippen LogP contribution >= 0.6 is 0 Å². The van der Waals surface area contributed by atoms with Crippen molar-refractivity contribution in [3.63, 3.8) is 0 Å². The minimum Gasteiger partial charge on any atom is -0.378 e. The fourth-order valence-corrected chi connectivity index (χ4v) is 3.51. The standard InChI is InChI=1S/C20H20N8O/c1-13(14-4-5-16-6-7-17(12-29-3)27(16)11-14)28-20-19(24-25-28)21-9-18(23-20)15-8-22-26(2)10-15/h4-11,13H,12H2,1-3H3/t13-/m0/s1. The van der Waals surface area contributed by atoms with E-state index in [1.165, 1.54) is 0 Å². The van der Waals surface area contributed by atoms with Crippen LogP contribution in [0.15, 0.2) is 49.1 Å². The van der Waals surface area contributed by atoms with E-state index < -0.39 is 0 Å². The van der Waals surface area contributed by atoms with Gasteiger partial charge in [-0.05, 0) is 30.7 Å². The topological polar surface area (TPSA) is 88.0 Å². The molecule has 5 rings (SSSR count). The molecular weight excluding hydrogens is 368 g/mol. The van der Waals surface area contributed by atoms with E-state index in [1.54, 1.807) is 24.2 Å². The quantitative estimate of drug-likeness (QED) is 0.460. The average molecular weight is 388 g/mol. The molecule has 5 aromatic heterocycles. The van der Waals surface area contributed by atoms with Crippen LogP contribution in [0.2, 0.25) is 0 Å². The van der Waals surface area contributed by atoms with Gasteiger partial charge in [0.2, 0.25) is 5.65 Å². The van der Waals surface area contributed by atoms with Crippen molar-refractivity contribution in [1.29, 1.82) is 0 Å². The van der Waals surface area contributed by atoms with Gasteiger partial charge in [-0.1, -0.05) is 11.3 Å². The van der Waals surface area contributed by atoms with Crippen LogP contribution in [-0.4, -0.2) is 46.3 Å². The second-order valence-corrected chi connectivity index (χ2v) is 7.03. The number of hydrogen-bond donors (Lipinski definition) is 0. The molecule has 0 saturated heterocycles. The summed E-state index contributed by atoms with van der Waals surface area (Å²) < 4.78 is 11.0. The number of hydrogen-bond acceptors (Lipinski definition) is 6. The molecule has 9 nitrogen and oxygen atoms in total. The maximum absolute atomic E-state index is 5.31. The van der Waals surface area contributed by atoms with Crippen molar-refractivity contribution in [3.05, 3.63) is 60.3 Å². The van der Waals surface area contributed by atoms with Gasteiger partial charge in [0.1, 0.15) is 0 Å². The minimum absolute atomic E-state index is 0.0688. The lowest BCUT2D eigenvalue weighted by Crippen LogP contribution is -2.11. The smallest absolute Gasteiger partial charge is 0.221 e. The van der Waals surface area contributed by atoms with Crippen LogP contribution in [0, 0.1) is 0 Å². The van der Waals surface area contributed by atoms with E-state index in [0.29, 0.717) is 17.9 Å². The summed E-state index contributed by atoms with van der Waals surface area (Å²) in [4.78, 5) is 9.19. The maximum atomic E-state index is 5.31. The molecule has 29 heavy (non-hydrogen) atoms. The molecule has 9 heteroatoms. The predicted octanol–water partition coefficient (Wildman–Crippen LogP) is 2.63. The molecule has 0 aliphatic heterocycles. The highest BCUT2D eigenvalue weighted by molar-refractivity contribution is 5.69. The summed E-state index contributed by atoms with van der Waals surface area (Å²) >= 11 is 0. The Bertz CT molecular complexity index is 1310. The molecule has 1 atom stereocenters. The van der Waals surface area contributed by atoms with E-state index in [2.05, 4.69) is 62.2 Å². The highest BCUT2D eigenvalue weighted by Gasteiger charge is 2.17. The first-order valence-electron chi connectivity index (χ1n) is 9.30. The van der Waals surface area contributed by atoms with Crippen molar-refractivity contribution in [2.75, 3.05) is 7.11 Å². The number of fused-ring (bicyclic) bond motifs is 2. The van der Waals surface area contributed by atoms with Crippen LogP contribution in [0.5, 0.6) is 0 Å². The second kappa shape index (κ2) is 6.78. The van der Waals surface area contributed by atoms with Gasteiger partial charge in [-0.2, -0.15) is 5.10 Å². The van der Waals surface area contributed by atoms with E-state index in [1.807, 2.05) is 17.9 Å². The van der Waals surface area contributed by atoms with Gasteiger partial charge in [0.05, 0.1) is 30.7 Å². The van der Waals surface area contributed by atoms with Crippen LogP contribution in [0.1, 0.15) is 24.2 Å². The largest absolute Gasteiger partial charge is 0.378 e. The highest BCUT2D eigenvalue weighted by atomic mass is 16.5. The van der Waals surface area contributed by atoms with Gasteiger partial charge in [-0.15, -0.1) is 5.10 Å². The molecular formula is C20H20N8O. The molecule has 0 amide bonds. The summed E-state index contributed by atoms with van der Waals surface area (Å²) in [6.07, 6.45) is 7.49. The third kappa shape index (κ3) is 2.95. The number of nitrogens with zero attached hydrogens (tertiary/aromatic N) is 8. The number of methoxy groups -OCH3 is 1. The highest BCUT2D eigenvalue weighted by Crippen LogP contribution is 2.24. The molecule has 0 N–H and O–H groups in total. The minimum atomic E-state index is -0.0688. The molecule has 0 aliphatic carbocycles. The molecule has 0 bridgehead atoms. The molecule has 0 fully saturated rings.